The van der Waals surface area contributed by atoms with Gasteiger partial charge in [-0.15, -0.1) is 6.42 Å². The maximum Gasteiger partial charge on any atom is 0.176 e. The number of benzene rings is 2. The number of hydrogen-bond donors (Lipinski definition) is 0. The van der Waals surface area contributed by atoms with Crippen LogP contribution in [0.2, 0.25) is 0 Å². The molecule has 3 nitrogen and oxygen atoms in total. The van der Waals surface area contributed by atoms with Crippen molar-refractivity contribution in [2.45, 2.75) is 20.8 Å². The molecule has 0 fully saturated rings. The Morgan fingerprint density at radius 3 is 2.71 bits per heavy atom. The Morgan fingerprint density at radius 2 is 2.00 bits per heavy atom. The molecule has 0 spiro atoms. The van der Waals surface area contributed by atoms with Gasteiger partial charge in [0, 0.05) is 6.21 Å². The number of aryl methyl sites for hydroxylation is 2. The average molecular weight is 386 g/mol. The Morgan fingerprint density at radius 1 is 1.21 bits per heavy atom. The van der Waals surface area contributed by atoms with Crippen LogP contribution in [-0.2, 0) is 0 Å². The van der Waals surface area contributed by atoms with Crippen LogP contribution in [0.25, 0.3) is 0 Å². The molecule has 0 radical (unpaired) electrons. The second kappa shape index (κ2) is 8.56. The van der Waals surface area contributed by atoms with Crippen molar-refractivity contribution in [3.63, 3.8) is 0 Å². The SMILES string of the molecule is C#CCOc1c(Br)cc(C=Nc2cc(C)ccc2C)cc1OCC. The molecule has 0 atom stereocenters. The van der Waals surface area contributed by atoms with E-state index in [-0.39, 0.29) is 6.61 Å². The largest absolute Gasteiger partial charge is 0.490 e. The van der Waals surface area contributed by atoms with E-state index in [9.17, 15) is 0 Å². The standard InChI is InChI=1S/C20H20BrNO2/c1-5-9-24-20-17(21)11-16(12-19(20)23-6-2)13-22-18-10-14(3)7-8-15(18)4/h1,7-8,10-13H,6,9H2,2-4H3. The van der Waals surface area contributed by atoms with Gasteiger partial charge in [0.25, 0.3) is 0 Å². The van der Waals surface area contributed by atoms with Gasteiger partial charge in [-0.3, -0.25) is 4.99 Å². The molecule has 0 saturated heterocycles. The van der Waals surface area contributed by atoms with E-state index in [0.717, 1.165) is 21.3 Å². The van der Waals surface area contributed by atoms with Gasteiger partial charge in [0.1, 0.15) is 6.61 Å². The van der Waals surface area contributed by atoms with E-state index >= 15 is 0 Å². The molecule has 2 aromatic rings. The quantitative estimate of drug-likeness (QED) is 0.503. The maximum atomic E-state index is 5.67. The normalized spacial score (nSPS) is 10.6. The molecule has 2 aromatic carbocycles. The summed E-state index contributed by atoms with van der Waals surface area (Å²) < 4.78 is 12.0. The second-order valence-electron chi connectivity index (χ2n) is 5.30. The predicted octanol–water partition coefficient (Wildman–Crippen LogP) is 5.23. The van der Waals surface area contributed by atoms with Crippen molar-refractivity contribution in [2.24, 2.45) is 4.99 Å². The molecule has 0 aliphatic rings. The molecule has 124 valence electrons. The monoisotopic (exact) mass is 385 g/mol. The summed E-state index contributed by atoms with van der Waals surface area (Å²) in [5.74, 6) is 3.71. The van der Waals surface area contributed by atoms with Crippen LogP contribution in [0.4, 0.5) is 5.69 Å². The molecule has 24 heavy (non-hydrogen) atoms. The third-order valence-electron chi connectivity index (χ3n) is 3.35. The summed E-state index contributed by atoms with van der Waals surface area (Å²) in [4.78, 5) is 4.60. The van der Waals surface area contributed by atoms with E-state index in [0.29, 0.717) is 18.1 Å². The lowest BCUT2D eigenvalue weighted by atomic mass is 10.1. The smallest absolute Gasteiger partial charge is 0.176 e. The van der Waals surface area contributed by atoms with Crippen molar-refractivity contribution in [1.29, 1.82) is 0 Å². The topological polar surface area (TPSA) is 30.8 Å². The van der Waals surface area contributed by atoms with E-state index in [1.165, 1.54) is 5.56 Å². The number of hydrogen-bond acceptors (Lipinski definition) is 3. The molecule has 0 bridgehead atoms. The van der Waals surface area contributed by atoms with E-state index in [1.807, 2.05) is 32.2 Å². The molecule has 0 aliphatic heterocycles. The fourth-order valence-corrected chi connectivity index (χ4v) is 2.76. The molecule has 0 aliphatic carbocycles. The lowest BCUT2D eigenvalue weighted by Gasteiger charge is -2.13. The summed E-state index contributed by atoms with van der Waals surface area (Å²) in [7, 11) is 0. The predicted molar refractivity (Wildman–Crippen MR) is 103 cm³/mol. The van der Waals surface area contributed by atoms with Gasteiger partial charge in [-0.2, -0.15) is 0 Å². The zero-order valence-electron chi connectivity index (χ0n) is 14.1. The lowest BCUT2D eigenvalue weighted by molar-refractivity contribution is 0.298. The van der Waals surface area contributed by atoms with Crippen LogP contribution in [0.3, 0.4) is 0 Å². The van der Waals surface area contributed by atoms with E-state index < -0.39 is 0 Å². The third-order valence-corrected chi connectivity index (χ3v) is 3.94. The average Bonchev–Trinajstić information content (AvgIpc) is 2.55. The number of terminal acetylenes is 1. The Balaban J connectivity index is 2.35. The fourth-order valence-electron chi connectivity index (χ4n) is 2.18. The number of ether oxygens (including phenoxy) is 2. The molecule has 0 saturated carbocycles. The van der Waals surface area contributed by atoms with Crippen LogP contribution < -0.4 is 9.47 Å². The van der Waals surface area contributed by atoms with E-state index in [2.05, 4.69) is 52.0 Å². The number of halogens is 1. The summed E-state index contributed by atoms with van der Waals surface area (Å²) in [6, 6.07) is 10.0. The summed E-state index contributed by atoms with van der Waals surface area (Å²) in [6.07, 6.45) is 7.09. The van der Waals surface area contributed by atoms with Gasteiger partial charge in [-0.05, 0) is 71.6 Å². The minimum absolute atomic E-state index is 0.189. The summed E-state index contributed by atoms with van der Waals surface area (Å²) in [5, 5.41) is 0. The van der Waals surface area contributed by atoms with Crippen molar-refractivity contribution in [1.82, 2.24) is 0 Å². The third kappa shape index (κ3) is 4.62. The molecule has 0 aromatic heterocycles. The first kappa shape index (κ1) is 18.1. The molecule has 0 unspecified atom stereocenters. The van der Waals surface area contributed by atoms with Crippen LogP contribution in [0, 0.1) is 26.2 Å². The highest BCUT2D eigenvalue weighted by Gasteiger charge is 2.11. The molecule has 0 amide bonds. The van der Waals surface area contributed by atoms with Crippen LogP contribution in [0.15, 0.2) is 39.8 Å². The van der Waals surface area contributed by atoms with Crippen molar-refractivity contribution in [3.8, 4) is 23.8 Å². The first-order valence-corrected chi connectivity index (χ1v) is 8.48. The van der Waals surface area contributed by atoms with Gasteiger partial charge in [-0.25, -0.2) is 0 Å². The molecule has 0 N–H and O–H groups in total. The fraction of sp³-hybridized carbons (Fsp3) is 0.250. The van der Waals surface area contributed by atoms with Gasteiger partial charge in [0.05, 0.1) is 16.8 Å². The Bertz CT molecular complexity index is 791. The van der Waals surface area contributed by atoms with Crippen molar-refractivity contribution in [2.75, 3.05) is 13.2 Å². The van der Waals surface area contributed by atoms with Crippen molar-refractivity contribution >= 4 is 27.8 Å². The molecule has 2 rings (SSSR count). The van der Waals surface area contributed by atoms with Gasteiger partial charge in [0.15, 0.2) is 11.5 Å². The van der Waals surface area contributed by atoms with Crippen LogP contribution in [0.1, 0.15) is 23.6 Å². The van der Waals surface area contributed by atoms with Crippen molar-refractivity contribution < 1.29 is 9.47 Å². The number of nitrogens with zero attached hydrogens (tertiary/aromatic N) is 1. The number of rotatable bonds is 6. The molecular formula is C20H20BrNO2. The minimum Gasteiger partial charge on any atom is -0.490 e. The highest BCUT2D eigenvalue weighted by Crippen LogP contribution is 2.36. The highest BCUT2D eigenvalue weighted by atomic mass is 79.9. The molecular weight excluding hydrogens is 366 g/mol. The summed E-state index contributed by atoms with van der Waals surface area (Å²) in [6.45, 7) is 6.75. The first-order chi connectivity index (χ1) is 11.5. The van der Waals surface area contributed by atoms with E-state index in [1.54, 1.807) is 0 Å². The Hall–Kier alpha value is -2.25. The lowest BCUT2D eigenvalue weighted by Crippen LogP contribution is -2.01. The summed E-state index contributed by atoms with van der Waals surface area (Å²) in [5.41, 5.74) is 4.19. The van der Waals surface area contributed by atoms with Crippen LogP contribution in [0.5, 0.6) is 11.5 Å². The van der Waals surface area contributed by atoms with Gasteiger partial charge >= 0.3 is 0 Å². The summed E-state index contributed by atoms with van der Waals surface area (Å²) >= 11 is 3.52. The second-order valence-corrected chi connectivity index (χ2v) is 6.16. The Labute approximate surface area is 151 Å². The zero-order valence-corrected chi connectivity index (χ0v) is 15.7. The zero-order chi connectivity index (χ0) is 17.5. The van der Waals surface area contributed by atoms with Crippen LogP contribution >= 0.6 is 15.9 Å². The van der Waals surface area contributed by atoms with Crippen LogP contribution in [-0.4, -0.2) is 19.4 Å². The first-order valence-electron chi connectivity index (χ1n) is 7.69. The maximum absolute atomic E-state index is 5.67. The van der Waals surface area contributed by atoms with Gasteiger partial charge < -0.3 is 9.47 Å². The highest BCUT2D eigenvalue weighted by molar-refractivity contribution is 9.10. The Kier molecular flexibility index (Phi) is 6.45. The minimum atomic E-state index is 0.189. The van der Waals surface area contributed by atoms with Crippen molar-refractivity contribution in [3.05, 3.63) is 51.5 Å². The number of aliphatic imine (C=N–C) groups is 1. The van der Waals surface area contributed by atoms with E-state index in [4.69, 9.17) is 15.9 Å². The van der Waals surface area contributed by atoms with Gasteiger partial charge in [-0.1, -0.05) is 18.1 Å². The van der Waals surface area contributed by atoms with Gasteiger partial charge in [0.2, 0.25) is 0 Å². The molecule has 4 heteroatoms. The molecule has 0 heterocycles.